The number of piperazine rings is 1. The Bertz CT molecular complexity index is 352. The lowest BCUT2D eigenvalue weighted by atomic mass is 10.2. The van der Waals surface area contributed by atoms with Crippen LogP contribution in [-0.2, 0) is 4.79 Å². The van der Waals surface area contributed by atoms with Crippen LogP contribution in [0.25, 0.3) is 0 Å². The number of aliphatic hydroxyl groups excluding tert-OH is 1. The van der Waals surface area contributed by atoms with Gasteiger partial charge in [0.15, 0.2) is 0 Å². The second-order valence-corrected chi connectivity index (χ2v) is 5.58. The SMILES string of the molecule is O=C(O)C(CCO)NC(=O)N1CCN(CC2CC2)CC1. The number of carbonyl (C=O) groups is 2. The molecule has 1 aliphatic heterocycles. The Labute approximate surface area is 118 Å². The molecule has 3 N–H and O–H groups in total. The summed E-state index contributed by atoms with van der Waals surface area (Å²) in [5.41, 5.74) is 0. The monoisotopic (exact) mass is 285 g/mol. The molecule has 114 valence electrons. The minimum atomic E-state index is -1.11. The molecule has 1 aliphatic carbocycles. The fourth-order valence-corrected chi connectivity index (χ4v) is 2.43. The van der Waals surface area contributed by atoms with Gasteiger partial charge in [-0.25, -0.2) is 9.59 Å². The molecule has 0 bridgehead atoms. The van der Waals surface area contributed by atoms with Crippen molar-refractivity contribution in [2.45, 2.75) is 25.3 Å². The maximum atomic E-state index is 12.0. The summed E-state index contributed by atoms with van der Waals surface area (Å²) in [6, 6.07) is -1.37. The number of aliphatic hydroxyl groups is 1. The summed E-state index contributed by atoms with van der Waals surface area (Å²) < 4.78 is 0. The highest BCUT2D eigenvalue weighted by Crippen LogP contribution is 2.29. The van der Waals surface area contributed by atoms with E-state index in [1.807, 2.05) is 0 Å². The van der Waals surface area contributed by atoms with E-state index in [4.69, 9.17) is 10.2 Å². The second kappa shape index (κ2) is 6.90. The third-order valence-electron chi connectivity index (χ3n) is 3.89. The Morgan fingerprint density at radius 3 is 2.35 bits per heavy atom. The van der Waals surface area contributed by atoms with Crippen LogP contribution < -0.4 is 5.32 Å². The molecule has 0 aromatic carbocycles. The summed E-state index contributed by atoms with van der Waals surface area (Å²) in [7, 11) is 0. The Hall–Kier alpha value is -1.34. The Morgan fingerprint density at radius 1 is 1.20 bits per heavy atom. The fraction of sp³-hybridized carbons (Fsp3) is 0.846. The molecule has 2 fully saturated rings. The molecular weight excluding hydrogens is 262 g/mol. The molecule has 0 radical (unpaired) electrons. The first kappa shape index (κ1) is 15.1. The van der Waals surface area contributed by atoms with Gasteiger partial charge in [0.1, 0.15) is 6.04 Å². The average Bonchev–Trinajstić information content (AvgIpc) is 3.22. The second-order valence-electron chi connectivity index (χ2n) is 5.58. The minimum Gasteiger partial charge on any atom is -0.480 e. The predicted molar refractivity (Wildman–Crippen MR) is 72.4 cm³/mol. The smallest absolute Gasteiger partial charge is 0.326 e. The molecule has 7 heteroatoms. The van der Waals surface area contributed by atoms with E-state index in [1.165, 1.54) is 12.8 Å². The number of hydrogen-bond donors (Lipinski definition) is 3. The largest absolute Gasteiger partial charge is 0.480 e. The van der Waals surface area contributed by atoms with Gasteiger partial charge >= 0.3 is 12.0 Å². The molecule has 1 atom stereocenters. The quantitative estimate of drug-likeness (QED) is 0.615. The first-order valence-electron chi connectivity index (χ1n) is 7.21. The molecule has 20 heavy (non-hydrogen) atoms. The van der Waals surface area contributed by atoms with Crippen LogP contribution in [0, 0.1) is 5.92 Å². The number of hydrogen-bond acceptors (Lipinski definition) is 4. The lowest BCUT2D eigenvalue weighted by Crippen LogP contribution is -2.54. The van der Waals surface area contributed by atoms with Crippen molar-refractivity contribution in [1.82, 2.24) is 15.1 Å². The van der Waals surface area contributed by atoms with Crippen LogP contribution in [0.1, 0.15) is 19.3 Å². The molecule has 1 unspecified atom stereocenters. The topological polar surface area (TPSA) is 93.1 Å². The highest BCUT2D eigenvalue weighted by Gasteiger charge is 2.29. The van der Waals surface area contributed by atoms with Gasteiger partial charge in [0, 0.05) is 45.8 Å². The lowest BCUT2D eigenvalue weighted by molar-refractivity contribution is -0.139. The number of rotatable bonds is 6. The fourth-order valence-electron chi connectivity index (χ4n) is 2.43. The predicted octanol–water partition coefficient (Wildman–Crippen LogP) is -0.441. The normalized spacial score (nSPS) is 21.6. The summed E-state index contributed by atoms with van der Waals surface area (Å²) in [5, 5.41) is 20.2. The molecule has 0 aromatic heterocycles. The van der Waals surface area contributed by atoms with Crippen LogP contribution in [0.4, 0.5) is 4.79 Å². The number of carboxylic acids is 1. The van der Waals surface area contributed by atoms with E-state index in [1.54, 1.807) is 4.90 Å². The van der Waals surface area contributed by atoms with Crippen LogP contribution in [0.3, 0.4) is 0 Å². The van der Waals surface area contributed by atoms with Gasteiger partial charge in [0.25, 0.3) is 0 Å². The number of carbonyl (C=O) groups excluding carboxylic acids is 1. The van der Waals surface area contributed by atoms with Crippen LogP contribution in [-0.4, -0.2) is 77.4 Å². The van der Waals surface area contributed by atoms with Crippen molar-refractivity contribution in [2.75, 3.05) is 39.3 Å². The summed E-state index contributed by atoms with van der Waals surface area (Å²) in [5.74, 6) is -0.268. The van der Waals surface area contributed by atoms with Crippen molar-refractivity contribution in [3.05, 3.63) is 0 Å². The molecule has 1 heterocycles. The van der Waals surface area contributed by atoms with E-state index in [0.717, 1.165) is 25.6 Å². The summed E-state index contributed by atoms with van der Waals surface area (Å²) in [6.45, 7) is 3.82. The number of nitrogens with zero attached hydrogens (tertiary/aromatic N) is 2. The van der Waals surface area contributed by atoms with Crippen LogP contribution in [0.2, 0.25) is 0 Å². The molecular formula is C13H23N3O4. The molecule has 1 saturated carbocycles. The van der Waals surface area contributed by atoms with Gasteiger partial charge in [-0.3, -0.25) is 4.90 Å². The van der Waals surface area contributed by atoms with E-state index < -0.39 is 12.0 Å². The van der Waals surface area contributed by atoms with Crippen molar-refractivity contribution in [2.24, 2.45) is 5.92 Å². The number of aliphatic carboxylic acids is 1. The highest BCUT2D eigenvalue weighted by molar-refractivity contribution is 5.82. The molecule has 2 aliphatic rings. The summed E-state index contributed by atoms with van der Waals surface area (Å²) in [4.78, 5) is 26.9. The molecule has 2 amide bonds. The van der Waals surface area contributed by atoms with Crippen LogP contribution in [0.15, 0.2) is 0 Å². The summed E-state index contributed by atoms with van der Waals surface area (Å²) >= 11 is 0. The van der Waals surface area contributed by atoms with Crippen molar-refractivity contribution in [3.63, 3.8) is 0 Å². The Balaban J connectivity index is 1.73. The summed E-state index contributed by atoms with van der Waals surface area (Å²) in [6.07, 6.45) is 2.67. The van der Waals surface area contributed by atoms with Crippen molar-refractivity contribution >= 4 is 12.0 Å². The third kappa shape index (κ3) is 4.35. The number of carboxylic acid groups (broad SMARTS) is 1. The minimum absolute atomic E-state index is 0.0305. The maximum Gasteiger partial charge on any atom is 0.326 e. The zero-order chi connectivity index (χ0) is 14.5. The van der Waals surface area contributed by atoms with Crippen molar-refractivity contribution in [1.29, 1.82) is 0 Å². The lowest BCUT2D eigenvalue weighted by Gasteiger charge is -2.35. The van der Waals surface area contributed by atoms with Crippen LogP contribution in [0.5, 0.6) is 0 Å². The van der Waals surface area contributed by atoms with Crippen molar-refractivity contribution in [3.8, 4) is 0 Å². The average molecular weight is 285 g/mol. The van der Waals surface area contributed by atoms with Gasteiger partial charge in [-0.1, -0.05) is 0 Å². The van der Waals surface area contributed by atoms with Gasteiger partial charge in [-0.2, -0.15) is 0 Å². The van der Waals surface area contributed by atoms with Gasteiger partial charge in [0.05, 0.1) is 0 Å². The first-order chi connectivity index (χ1) is 9.60. The van der Waals surface area contributed by atoms with Crippen LogP contribution >= 0.6 is 0 Å². The Kier molecular flexibility index (Phi) is 5.19. The number of urea groups is 1. The van der Waals surface area contributed by atoms with E-state index in [-0.39, 0.29) is 19.1 Å². The van der Waals surface area contributed by atoms with E-state index in [9.17, 15) is 9.59 Å². The number of nitrogens with one attached hydrogen (secondary N) is 1. The zero-order valence-electron chi connectivity index (χ0n) is 11.6. The number of amides is 2. The van der Waals surface area contributed by atoms with E-state index >= 15 is 0 Å². The van der Waals surface area contributed by atoms with Gasteiger partial charge in [-0.05, 0) is 18.8 Å². The van der Waals surface area contributed by atoms with E-state index in [0.29, 0.717) is 13.1 Å². The molecule has 0 aromatic rings. The molecule has 7 nitrogen and oxygen atoms in total. The maximum absolute atomic E-state index is 12.0. The third-order valence-corrected chi connectivity index (χ3v) is 3.89. The highest BCUT2D eigenvalue weighted by atomic mass is 16.4. The van der Waals surface area contributed by atoms with E-state index in [2.05, 4.69) is 10.2 Å². The molecule has 1 saturated heterocycles. The molecule has 0 spiro atoms. The van der Waals surface area contributed by atoms with Gasteiger partial charge < -0.3 is 20.4 Å². The van der Waals surface area contributed by atoms with Crippen molar-refractivity contribution < 1.29 is 19.8 Å². The standard InChI is InChI=1S/C13H23N3O4/c17-8-3-11(12(18)19)14-13(20)16-6-4-15(5-7-16)9-10-1-2-10/h10-11,17H,1-9H2,(H,14,20)(H,18,19). The first-order valence-corrected chi connectivity index (χ1v) is 7.21. The molecule has 2 rings (SSSR count). The van der Waals surface area contributed by atoms with Gasteiger partial charge in [-0.15, -0.1) is 0 Å². The van der Waals surface area contributed by atoms with Gasteiger partial charge in [0.2, 0.25) is 0 Å². The zero-order valence-corrected chi connectivity index (χ0v) is 11.6. The Morgan fingerprint density at radius 2 is 1.85 bits per heavy atom.